The zero-order valence-corrected chi connectivity index (χ0v) is 11.9. The zero-order chi connectivity index (χ0) is 16.1. The number of aliphatic hydroxyl groups excluding tert-OH is 1. The number of carbonyl (C=O) groups is 2. The molecule has 0 aliphatic heterocycles. The van der Waals surface area contributed by atoms with Gasteiger partial charge in [0.2, 0.25) is 0 Å². The standard InChI is InChI=1S/C15H18F2N2O3/c16-10-5-6-12(11(17)7-10)19-15(22)14(21)18-8-9-3-1-2-4-13(9)20/h5-7,9,13,20H,1-4,8H2,(H,18,21)(H,19,22). The second kappa shape index (κ2) is 7.31. The van der Waals surface area contributed by atoms with Gasteiger partial charge in [-0.25, -0.2) is 8.78 Å². The molecule has 22 heavy (non-hydrogen) atoms. The van der Waals surface area contributed by atoms with E-state index in [1.165, 1.54) is 0 Å². The minimum absolute atomic E-state index is 0.0759. The van der Waals surface area contributed by atoms with Crippen LogP contribution >= 0.6 is 0 Å². The lowest BCUT2D eigenvalue weighted by atomic mass is 9.86. The van der Waals surface area contributed by atoms with Gasteiger partial charge >= 0.3 is 11.8 Å². The molecule has 0 radical (unpaired) electrons. The molecule has 2 rings (SSSR count). The number of benzene rings is 1. The highest BCUT2D eigenvalue weighted by Gasteiger charge is 2.24. The predicted molar refractivity (Wildman–Crippen MR) is 76.0 cm³/mol. The van der Waals surface area contributed by atoms with Crippen molar-refractivity contribution >= 4 is 17.5 Å². The molecule has 1 aliphatic rings. The van der Waals surface area contributed by atoms with Gasteiger partial charge < -0.3 is 15.7 Å². The van der Waals surface area contributed by atoms with Gasteiger partial charge in [0.05, 0.1) is 11.8 Å². The SMILES string of the molecule is O=C(NCC1CCCCC1O)C(=O)Nc1ccc(F)cc1F. The fourth-order valence-corrected chi connectivity index (χ4v) is 2.50. The first-order chi connectivity index (χ1) is 10.5. The Morgan fingerprint density at radius 1 is 1.18 bits per heavy atom. The number of rotatable bonds is 3. The second-order valence-electron chi connectivity index (χ2n) is 5.40. The van der Waals surface area contributed by atoms with Crippen molar-refractivity contribution in [3.05, 3.63) is 29.8 Å². The van der Waals surface area contributed by atoms with Crippen LogP contribution in [0, 0.1) is 17.6 Å². The number of aliphatic hydroxyl groups is 1. The third kappa shape index (κ3) is 4.24. The molecule has 1 saturated carbocycles. The van der Waals surface area contributed by atoms with Crippen LogP contribution < -0.4 is 10.6 Å². The molecule has 0 saturated heterocycles. The van der Waals surface area contributed by atoms with E-state index >= 15 is 0 Å². The Balaban J connectivity index is 1.85. The van der Waals surface area contributed by atoms with Crippen molar-refractivity contribution in [2.45, 2.75) is 31.8 Å². The van der Waals surface area contributed by atoms with Gasteiger partial charge in [-0.1, -0.05) is 12.8 Å². The first-order valence-electron chi connectivity index (χ1n) is 7.19. The van der Waals surface area contributed by atoms with Gasteiger partial charge in [-0.3, -0.25) is 9.59 Å². The first-order valence-corrected chi connectivity index (χ1v) is 7.19. The van der Waals surface area contributed by atoms with Crippen molar-refractivity contribution in [1.82, 2.24) is 5.32 Å². The fourth-order valence-electron chi connectivity index (χ4n) is 2.50. The molecule has 7 heteroatoms. The van der Waals surface area contributed by atoms with E-state index < -0.39 is 29.6 Å². The molecule has 2 atom stereocenters. The number of nitrogens with one attached hydrogen (secondary N) is 2. The summed E-state index contributed by atoms with van der Waals surface area (Å²) >= 11 is 0. The number of halogens is 2. The summed E-state index contributed by atoms with van der Waals surface area (Å²) in [6.45, 7) is 0.194. The molecule has 2 amide bonds. The normalized spacial score (nSPS) is 21.2. The number of hydrogen-bond acceptors (Lipinski definition) is 3. The summed E-state index contributed by atoms with van der Waals surface area (Å²) in [5.41, 5.74) is -0.265. The predicted octanol–water partition coefficient (Wildman–Crippen LogP) is 1.57. The highest BCUT2D eigenvalue weighted by Crippen LogP contribution is 2.23. The van der Waals surface area contributed by atoms with Gasteiger partial charge in [0.25, 0.3) is 0 Å². The van der Waals surface area contributed by atoms with E-state index in [0.29, 0.717) is 12.5 Å². The average molecular weight is 312 g/mol. The molecule has 5 nitrogen and oxygen atoms in total. The molecule has 1 aliphatic carbocycles. The fraction of sp³-hybridized carbons (Fsp3) is 0.467. The Hall–Kier alpha value is -2.02. The van der Waals surface area contributed by atoms with Crippen LogP contribution in [0.3, 0.4) is 0 Å². The van der Waals surface area contributed by atoms with Crippen LogP contribution in [0.5, 0.6) is 0 Å². The van der Waals surface area contributed by atoms with Crippen LogP contribution in [0.25, 0.3) is 0 Å². The quantitative estimate of drug-likeness (QED) is 0.741. The van der Waals surface area contributed by atoms with Crippen LogP contribution in [0.4, 0.5) is 14.5 Å². The Kier molecular flexibility index (Phi) is 5.43. The topological polar surface area (TPSA) is 78.4 Å². The molecule has 1 aromatic rings. The Morgan fingerprint density at radius 2 is 1.91 bits per heavy atom. The van der Waals surface area contributed by atoms with Gasteiger partial charge in [0.15, 0.2) is 0 Å². The molecule has 3 N–H and O–H groups in total. The van der Waals surface area contributed by atoms with Gasteiger partial charge in [-0.15, -0.1) is 0 Å². The summed E-state index contributed by atoms with van der Waals surface area (Å²) < 4.78 is 26.1. The van der Waals surface area contributed by atoms with E-state index in [4.69, 9.17) is 0 Å². The van der Waals surface area contributed by atoms with E-state index in [1.54, 1.807) is 0 Å². The number of carbonyl (C=O) groups excluding carboxylic acids is 2. The van der Waals surface area contributed by atoms with Gasteiger partial charge in [0.1, 0.15) is 11.6 Å². The third-order valence-electron chi connectivity index (χ3n) is 3.78. The summed E-state index contributed by atoms with van der Waals surface area (Å²) in [6.07, 6.45) is 2.93. The summed E-state index contributed by atoms with van der Waals surface area (Å²) in [7, 11) is 0. The van der Waals surface area contributed by atoms with Crippen molar-refractivity contribution in [2.24, 2.45) is 5.92 Å². The molecule has 1 aromatic carbocycles. The Labute approximate surface area is 126 Å². The summed E-state index contributed by atoms with van der Waals surface area (Å²) in [6, 6.07) is 2.64. The van der Waals surface area contributed by atoms with Crippen LogP contribution in [0.2, 0.25) is 0 Å². The molecule has 0 heterocycles. The minimum Gasteiger partial charge on any atom is -0.393 e. The highest BCUT2D eigenvalue weighted by molar-refractivity contribution is 6.39. The lowest BCUT2D eigenvalue weighted by molar-refractivity contribution is -0.136. The third-order valence-corrected chi connectivity index (χ3v) is 3.78. The molecule has 0 bridgehead atoms. The lowest BCUT2D eigenvalue weighted by Gasteiger charge is -2.27. The monoisotopic (exact) mass is 312 g/mol. The van der Waals surface area contributed by atoms with Gasteiger partial charge in [-0.2, -0.15) is 0 Å². The van der Waals surface area contributed by atoms with E-state index in [0.717, 1.165) is 31.4 Å². The number of anilines is 1. The van der Waals surface area contributed by atoms with Crippen molar-refractivity contribution in [1.29, 1.82) is 0 Å². The van der Waals surface area contributed by atoms with E-state index in [2.05, 4.69) is 10.6 Å². The maximum absolute atomic E-state index is 13.4. The molecule has 0 aromatic heterocycles. The highest BCUT2D eigenvalue weighted by atomic mass is 19.1. The minimum atomic E-state index is -1.03. The van der Waals surface area contributed by atoms with Crippen molar-refractivity contribution in [3.8, 4) is 0 Å². The van der Waals surface area contributed by atoms with Crippen molar-refractivity contribution in [3.63, 3.8) is 0 Å². The number of hydrogen-bond donors (Lipinski definition) is 3. The largest absolute Gasteiger partial charge is 0.393 e. The van der Waals surface area contributed by atoms with Crippen LogP contribution in [-0.4, -0.2) is 29.6 Å². The Morgan fingerprint density at radius 3 is 2.59 bits per heavy atom. The van der Waals surface area contributed by atoms with Crippen LogP contribution in [0.1, 0.15) is 25.7 Å². The van der Waals surface area contributed by atoms with Crippen molar-refractivity contribution < 1.29 is 23.5 Å². The molecule has 0 spiro atoms. The van der Waals surface area contributed by atoms with Crippen LogP contribution in [-0.2, 0) is 9.59 Å². The lowest BCUT2D eigenvalue weighted by Crippen LogP contribution is -2.41. The first kappa shape index (κ1) is 16.4. The molecule has 1 fully saturated rings. The molecule has 2 unspecified atom stereocenters. The zero-order valence-electron chi connectivity index (χ0n) is 11.9. The maximum atomic E-state index is 13.4. The summed E-state index contributed by atoms with van der Waals surface area (Å²) in [5.74, 6) is -3.75. The van der Waals surface area contributed by atoms with Gasteiger partial charge in [0, 0.05) is 18.5 Å². The van der Waals surface area contributed by atoms with Crippen LogP contribution in [0.15, 0.2) is 18.2 Å². The average Bonchev–Trinajstić information content (AvgIpc) is 2.49. The Bertz CT molecular complexity index is 566. The summed E-state index contributed by atoms with van der Waals surface area (Å²) in [4.78, 5) is 23.3. The summed E-state index contributed by atoms with van der Waals surface area (Å²) in [5, 5.41) is 14.3. The number of amides is 2. The van der Waals surface area contributed by atoms with Crippen molar-refractivity contribution in [2.75, 3.05) is 11.9 Å². The molecular formula is C15H18F2N2O3. The van der Waals surface area contributed by atoms with Gasteiger partial charge in [-0.05, 0) is 25.0 Å². The maximum Gasteiger partial charge on any atom is 0.313 e. The second-order valence-corrected chi connectivity index (χ2v) is 5.40. The molecular weight excluding hydrogens is 294 g/mol. The van der Waals surface area contributed by atoms with E-state index in [1.807, 2.05) is 0 Å². The van der Waals surface area contributed by atoms with E-state index in [9.17, 15) is 23.5 Å². The molecule has 120 valence electrons. The van der Waals surface area contributed by atoms with E-state index in [-0.39, 0.29) is 18.2 Å². The smallest absolute Gasteiger partial charge is 0.313 e.